The first-order valence-electron chi connectivity index (χ1n) is 7.47. The van der Waals surface area contributed by atoms with Gasteiger partial charge in [0.2, 0.25) is 0 Å². The third-order valence-electron chi connectivity index (χ3n) is 3.04. The number of rotatable bonds is 7. The quantitative estimate of drug-likeness (QED) is 0.274. The van der Waals surface area contributed by atoms with E-state index >= 15 is 0 Å². The van der Waals surface area contributed by atoms with Crippen molar-refractivity contribution in [2.75, 3.05) is 20.2 Å². The van der Waals surface area contributed by atoms with Gasteiger partial charge in [-0.25, -0.2) is 4.98 Å². The zero-order valence-corrected chi connectivity index (χ0v) is 17.6. The van der Waals surface area contributed by atoms with Crippen molar-refractivity contribution in [1.82, 2.24) is 15.6 Å². The van der Waals surface area contributed by atoms with Crippen molar-refractivity contribution in [3.63, 3.8) is 0 Å². The third kappa shape index (κ3) is 7.23. The predicted molar refractivity (Wildman–Crippen MR) is 112 cm³/mol. The highest BCUT2D eigenvalue weighted by atomic mass is 127. The normalized spacial score (nSPS) is 10.9. The molecule has 0 aliphatic carbocycles. The molecule has 5 nitrogen and oxygen atoms in total. The molecular formula is C16H22ClIN4OS. The first-order valence-corrected chi connectivity index (χ1v) is 8.67. The molecule has 0 amide bonds. The van der Waals surface area contributed by atoms with E-state index in [1.165, 1.54) is 4.88 Å². The number of nitrogens with one attached hydrogen (secondary N) is 2. The number of aromatic nitrogens is 1. The molecule has 0 bridgehead atoms. The predicted octanol–water partition coefficient (Wildman–Crippen LogP) is 3.72. The SMILES string of the molecule is CCc1cnc(CNC(=NC)NCCOc2cccc(Cl)c2)s1.I. The Bertz CT molecular complexity index is 651. The van der Waals surface area contributed by atoms with Gasteiger partial charge in [0.15, 0.2) is 5.96 Å². The van der Waals surface area contributed by atoms with E-state index in [2.05, 4.69) is 27.5 Å². The summed E-state index contributed by atoms with van der Waals surface area (Å²) in [6.07, 6.45) is 2.95. The van der Waals surface area contributed by atoms with Gasteiger partial charge in [0.25, 0.3) is 0 Å². The monoisotopic (exact) mass is 480 g/mol. The van der Waals surface area contributed by atoms with E-state index in [4.69, 9.17) is 16.3 Å². The molecule has 132 valence electrons. The summed E-state index contributed by atoms with van der Waals surface area (Å²) in [5.74, 6) is 1.49. The standard InChI is InChI=1S/C16H21ClN4OS.HI/c1-3-14-10-20-15(23-14)11-21-16(18-2)19-7-8-22-13-6-4-5-12(17)9-13;/h4-6,9-10H,3,7-8,11H2,1-2H3,(H2,18,19,21);1H. The number of nitrogens with zero attached hydrogens (tertiary/aromatic N) is 2. The summed E-state index contributed by atoms with van der Waals surface area (Å²) in [7, 11) is 1.74. The molecule has 1 aromatic heterocycles. The topological polar surface area (TPSA) is 58.5 Å². The molecule has 2 rings (SSSR count). The van der Waals surface area contributed by atoms with Crippen LogP contribution in [0.2, 0.25) is 5.02 Å². The van der Waals surface area contributed by atoms with Gasteiger partial charge in [-0.2, -0.15) is 0 Å². The number of thiazole rings is 1. The van der Waals surface area contributed by atoms with Crippen LogP contribution in [-0.2, 0) is 13.0 Å². The number of guanidine groups is 1. The first kappa shape index (κ1) is 21.0. The Morgan fingerprint density at radius 2 is 2.21 bits per heavy atom. The molecule has 0 aliphatic rings. The lowest BCUT2D eigenvalue weighted by atomic mass is 10.3. The summed E-state index contributed by atoms with van der Waals surface area (Å²) in [6.45, 7) is 3.97. The van der Waals surface area contributed by atoms with Crippen molar-refractivity contribution < 1.29 is 4.74 Å². The van der Waals surface area contributed by atoms with Crippen LogP contribution < -0.4 is 15.4 Å². The van der Waals surface area contributed by atoms with Crippen molar-refractivity contribution in [1.29, 1.82) is 0 Å². The number of benzene rings is 1. The zero-order chi connectivity index (χ0) is 16.5. The molecule has 0 fully saturated rings. The number of aliphatic imine (C=N–C) groups is 1. The molecule has 8 heteroatoms. The highest BCUT2D eigenvalue weighted by Gasteiger charge is 2.02. The van der Waals surface area contributed by atoms with Crippen LogP contribution >= 0.6 is 46.9 Å². The second-order valence-electron chi connectivity index (χ2n) is 4.73. The molecule has 1 aromatic carbocycles. The van der Waals surface area contributed by atoms with Gasteiger partial charge < -0.3 is 15.4 Å². The average molecular weight is 481 g/mol. The molecule has 0 unspecified atom stereocenters. The summed E-state index contributed by atoms with van der Waals surface area (Å²) < 4.78 is 5.62. The zero-order valence-electron chi connectivity index (χ0n) is 13.7. The number of hydrogen-bond acceptors (Lipinski definition) is 4. The minimum absolute atomic E-state index is 0. The van der Waals surface area contributed by atoms with E-state index in [-0.39, 0.29) is 24.0 Å². The molecular weight excluding hydrogens is 459 g/mol. The van der Waals surface area contributed by atoms with Crippen molar-refractivity contribution in [2.45, 2.75) is 19.9 Å². The van der Waals surface area contributed by atoms with Gasteiger partial charge in [0.1, 0.15) is 17.4 Å². The summed E-state index contributed by atoms with van der Waals surface area (Å²) >= 11 is 7.63. The Kier molecular flexibility index (Phi) is 10.0. The maximum atomic E-state index is 5.91. The number of hydrogen-bond donors (Lipinski definition) is 2. The lowest BCUT2D eigenvalue weighted by molar-refractivity contribution is 0.322. The van der Waals surface area contributed by atoms with Gasteiger partial charge in [0.05, 0.1) is 13.1 Å². The number of halogens is 2. The maximum Gasteiger partial charge on any atom is 0.191 e. The smallest absolute Gasteiger partial charge is 0.191 e. The van der Waals surface area contributed by atoms with Gasteiger partial charge in [-0.3, -0.25) is 4.99 Å². The first-order chi connectivity index (χ1) is 11.2. The fourth-order valence-corrected chi connectivity index (χ4v) is 2.85. The molecule has 2 N–H and O–H groups in total. The van der Waals surface area contributed by atoms with Crippen molar-refractivity contribution in [2.24, 2.45) is 4.99 Å². The molecule has 1 heterocycles. The van der Waals surface area contributed by atoms with E-state index in [0.717, 1.165) is 23.1 Å². The van der Waals surface area contributed by atoms with E-state index in [1.807, 2.05) is 24.4 Å². The number of aryl methyl sites for hydroxylation is 1. The van der Waals surface area contributed by atoms with E-state index in [1.54, 1.807) is 24.5 Å². The Balaban J connectivity index is 0.00000288. The van der Waals surface area contributed by atoms with Gasteiger partial charge in [-0.05, 0) is 24.6 Å². The largest absolute Gasteiger partial charge is 0.492 e. The highest BCUT2D eigenvalue weighted by Crippen LogP contribution is 2.16. The van der Waals surface area contributed by atoms with E-state index in [0.29, 0.717) is 24.7 Å². The minimum atomic E-state index is 0. The second-order valence-corrected chi connectivity index (χ2v) is 6.37. The fraction of sp³-hybridized carbons (Fsp3) is 0.375. The second kappa shape index (κ2) is 11.5. The Hall–Kier alpha value is -1.06. The van der Waals surface area contributed by atoms with Crippen LogP contribution in [0.5, 0.6) is 5.75 Å². The average Bonchev–Trinajstić information content (AvgIpc) is 3.02. The summed E-state index contributed by atoms with van der Waals surface area (Å²) in [5.41, 5.74) is 0. The molecule has 24 heavy (non-hydrogen) atoms. The lowest BCUT2D eigenvalue weighted by Gasteiger charge is -2.11. The Labute approximate surface area is 168 Å². The van der Waals surface area contributed by atoms with Crippen LogP contribution in [0.3, 0.4) is 0 Å². The van der Waals surface area contributed by atoms with Crippen molar-refractivity contribution in [3.05, 3.63) is 45.4 Å². The number of ether oxygens (including phenoxy) is 1. The molecule has 0 aliphatic heterocycles. The minimum Gasteiger partial charge on any atom is -0.492 e. The molecule has 0 radical (unpaired) electrons. The van der Waals surface area contributed by atoms with Crippen LogP contribution in [0.1, 0.15) is 16.8 Å². The van der Waals surface area contributed by atoms with Crippen LogP contribution in [0, 0.1) is 0 Å². The van der Waals surface area contributed by atoms with Crippen LogP contribution in [0.25, 0.3) is 0 Å². The van der Waals surface area contributed by atoms with E-state index in [9.17, 15) is 0 Å². The lowest BCUT2D eigenvalue weighted by Crippen LogP contribution is -2.38. The van der Waals surface area contributed by atoms with Gasteiger partial charge in [0, 0.05) is 23.1 Å². The van der Waals surface area contributed by atoms with E-state index < -0.39 is 0 Å². The maximum absolute atomic E-state index is 5.91. The van der Waals surface area contributed by atoms with Gasteiger partial charge in [-0.15, -0.1) is 35.3 Å². The highest BCUT2D eigenvalue weighted by molar-refractivity contribution is 14.0. The fourth-order valence-electron chi connectivity index (χ4n) is 1.87. The Morgan fingerprint density at radius 3 is 2.88 bits per heavy atom. The van der Waals surface area contributed by atoms with Crippen LogP contribution in [0.4, 0.5) is 0 Å². The summed E-state index contributed by atoms with van der Waals surface area (Å²) in [4.78, 5) is 9.85. The van der Waals surface area contributed by atoms with Crippen molar-refractivity contribution in [3.8, 4) is 5.75 Å². The van der Waals surface area contributed by atoms with Crippen LogP contribution in [-0.4, -0.2) is 31.1 Å². The van der Waals surface area contributed by atoms with Crippen molar-refractivity contribution >= 4 is 52.9 Å². The molecule has 0 atom stereocenters. The Morgan fingerprint density at radius 1 is 1.38 bits per heavy atom. The van der Waals surface area contributed by atoms with Crippen LogP contribution in [0.15, 0.2) is 35.5 Å². The summed E-state index contributed by atoms with van der Waals surface area (Å²) in [6, 6.07) is 7.36. The molecule has 0 spiro atoms. The third-order valence-corrected chi connectivity index (χ3v) is 4.42. The summed E-state index contributed by atoms with van der Waals surface area (Å²) in [5, 5.41) is 8.17. The molecule has 2 aromatic rings. The molecule has 0 saturated heterocycles. The van der Waals surface area contributed by atoms with Gasteiger partial charge >= 0.3 is 0 Å². The van der Waals surface area contributed by atoms with Gasteiger partial charge in [-0.1, -0.05) is 24.6 Å². The molecule has 0 saturated carbocycles.